The second-order valence-electron chi connectivity index (χ2n) is 4.97. The average Bonchev–Trinajstić information content (AvgIpc) is 2.16. The molecule has 2 heteroatoms. The number of aryl methyl sites for hydroxylation is 3. The number of nitrogens with one attached hydrogen (secondary N) is 1. The maximum absolute atomic E-state index is 8.94. The Kier molecular flexibility index (Phi) is 3.72. The zero-order valence-electron chi connectivity index (χ0n) is 10.8. The Bertz CT molecular complexity index is 402. The molecule has 0 heterocycles. The maximum Gasteiger partial charge on any atom is 0.101 e. The smallest absolute Gasteiger partial charge is 0.101 e. The molecule has 0 fully saturated rings. The summed E-state index contributed by atoms with van der Waals surface area (Å²) in [7, 11) is 0. The average molecular weight is 216 g/mol. The number of hydrogen-bond acceptors (Lipinski definition) is 2. The van der Waals surface area contributed by atoms with Gasteiger partial charge in [-0.2, -0.15) is 5.26 Å². The second kappa shape index (κ2) is 4.67. The molecule has 0 saturated heterocycles. The van der Waals surface area contributed by atoms with Crippen LogP contribution >= 0.6 is 0 Å². The normalized spacial score (nSPS) is 11.2. The molecule has 0 aliphatic carbocycles. The quantitative estimate of drug-likeness (QED) is 0.843. The van der Waals surface area contributed by atoms with E-state index in [-0.39, 0.29) is 0 Å². The van der Waals surface area contributed by atoms with Crippen LogP contribution < -0.4 is 5.32 Å². The predicted molar refractivity (Wildman–Crippen MR) is 67.2 cm³/mol. The first-order valence-corrected chi connectivity index (χ1v) is 5.59. The SMILES string of the molecule is Cc1cc(C)c(CNC(C)(C)C#N)c(C)c1. The highest BCUT2D eigenvalue weighted by Crippen LogP contribution is 2.17. The third-order valence-corrected chi connectivity index (χ3v) is 2.83. The van der Waals surface area contributed by atoms with Crippen LogP contribution in [0, 0.1) is 32.1 Å². The van der Waals surface area contributed by atoms with Crippen LogP contribution in [0.15, 0.2) is 12.1 Å². The highest BCUT2D eigenvalue weighted by Gasteiger charge is 2.16. The van der Waals surface area contributed by atoms with Crippen LogP contribution in [0.1, 0.15) is 36.1 Å². The lowest BCUT2D eigenvalue weighted by Gasteiger charge is -2.20. The van der Waals surface area contributed by atoms with E-state index in [9.17, 15) is 0 Å². The number of nitrogens with zero attached hydrogens (tertiary/aromatic N) is 1. The number of rotatable bonds is 3. The molecule has 0 aromatic heterocycles. The van der Waals surface area contributed by atoms with Gasteiger partial charge in [0.2, 0.25) is 0 Å². The largest absolute Gasteiger partial charge is 0.296 e. The summed E-state index contributed by atoms with van der Waals surface area (Å²) in [4.78, 5) is 0. The van der Waals surface area contributed by atoms with Gasteiger partial charge in [-0.1, -0.05) is 17.7 Å². The van der Waals surface area contributed by atoms with E-state index in [0.717, 1.165) is 6.54 Å². The van der Waals surface area contributed by atoms with Crippen LogP contribution in [-0.2, 0) is 6.54 Å². The highest BCUT2D eigenvalue weighted by molar-refractivity contribution is 5.37. The molecule has 1 aromatic carbocycles. The van der Waals surface area contributed by atoms with E-state index in [2.05, 4.69) is 44.3 Å². The van der Waals surface area contributed by atoms with Crippen molar-refractivity contribution in [3.63, 3.8) is 0 Å². The first kappa shape index (κ1) is 12.7. The molecule has 1 rings (SSSR count). The Morgan fingerprint density at radius 3 is 2.12 bits per heavy atom. The molecule has 0 aliphatic rings. The van der Waals surface area contributed by atoms with Gasteiger partial charge in [0.1, 0.15) is 5.54 Å². The molecular weight excluding hydrogens is 196 g/mol. The number of nitriles is 1. The molecule has 2 nitrogen and oxygen atoms in total. The van der Waals surface area contributed by atoms with Crippen molar-refractivity contribution in [3.05, 3.63) is 34.4 Å². The van der Waals surface area contributed by atoms with Gasteiger partial charge in [-0.15, -0.1) is 0 Å². The van der Waals surface area contributed by atoms with Crippen LogP contribution in [0.5, 0.6) is 0 Å². The molecule has 0 amide bonds. The van der Waals surface area contributed by atoms with E-state index in [4.69, 9.17) is 5.26 Å². The van der Waals surface area contributed by atoms with Gasteiger partial charge in [-0.3, -0.25) is 5.32 Å². The molecule has 0 radical (unpaired) electrons. The molecule has 16 heavy (non-hydrogen) atoms. The van der Waals surface area contributed by atoms with Gasteiger partial charge < -0.3 is 0 Å². The molecular formula is C14H20N2. The molecule has 0 spiro atoms. The summed E-state index contributed by atoms with van der Waals surface area (Å²) in [5.74, 6) is 0. The van der Waals surface area contributed by atoms with Crippen LogP contribution in [-0.4, -0.2) is 5.54 Å². The third-order valence-electron chi connectivity index (χ3n) is 2.83. The summed E-state index contributed by atoms with van der Waals surface area (Å²) in [6.45, 7) is 10.9. The Morgan fingerprint density at radius 2 is 1.69 bits per heavy atom. The van der Waals surface area contributed by atoms with Crippen molar-refractivity contribution in [2.75, 3.05) is 0 Å². The van der Waals surface area contributed by atoms with Gasteiger partial charge in [-0.25, -0.2) is 0 Å². The summed E-state index contributed by atoms with van der Waals surface area (Å²) in [6, 6.07) is 6.62. The van der Waals surface area contributed by atoms with E-state index in [0.29, 0.717) is 0 Å². The molecule has 0 atom stereocenters. The second-order valence-corrected chi connectivity index (χ2v) is 4.97. The van der Waals surface area contributed by atoms with Gasteiger partial charge in [0.15, 0.2) is 0 Å². The summed E-state index contributed by atoms with van der Waals surface area (Å²) in [5, 5.41) is 12.2. The topological polar surface area (TPSA) is 35.8 Å². The fourth-order valence-corrected chi connectivity index (χ4v) is 1.84. The van der Waals surface area contributed by atoms with Gasteiger partial charge >= 0.3 is 0 Å². The van der Waals surface area contributed by atoms with Crippen molar-refractivity contribution in [3.8, 4) is 6.07 Å². The summed E-state index contributed by atoms with van der Waals surface area (Å²) in [6.07, 6.45) is 0. The Morgan fingerprint density at radius 1 is 1.19 bits per heavy atom. The van der Waals surface area contributed by atoms with Crippen LogP contribution in [0.3, 0.4) is 0 Å². The summed E-state index contributed by atoms with van der Waals surface area (Å²) >= 11 is 0. The lowest BCUT2D eigenvalue weighted by atomic mass is 9.98. The van der Waals surface area contributed by atoms with Gasteiger partial charge in [-0.05, 0) is 51.3 Å². The Balaban J connectivity index is 2.87. The highest BCUT2D eigenvalue weighted by atomic mass is 14.9. The van der Waals surface area contributed by atoms with Crippen LogP contribution in [0.4, 0.5) is 0 Å². The van der Waals surface area contributed by atoms with Crippen LogP contribution in [0.2, 0.25) is 0 Å². The zero-order chi connectivity index (χ0) is 12.3. The first-order valence-electron chi connectivity index (χ1n) is 5.59. The van der Waals surface area contributed by atoms with Crippen molar-refractivity contribution in [1.82, 2.24) is 5.32 Å². The van der Waals surface area contributed by atoms with E-state index >= 15 is 0 Å². The minimum atomic E-state index is -0.468. The van der Waals surface area contributed by atoms with Crippen molar-refractivity contribution in [1.29, 1.82) is 5.26 Å². The lowest BCUT2D eigenvalue weighted by Crippen LogP contribution is -2.37. The van der Waals surface area contributed by atoms with Crippen LogP contribution in [0.25, 0.3) is 0 Å². The molecule has 0 aliphatic heterocycles. The molecule has 0 unspecified atom stereocenters. The molecule has 1 aromatic rings. The van der Waals surface area contributed by atoms with Crippen molar-refractivity contribution >= 4 is 0 Å². The zero-order valence-corrected chi connectivity index (χ0v) is 10.8. The third kappa shape index (κ3) is 3.08. The van der Waals surface area contributed by atoms with E-state index < -0.39 is 5.54 Å². The van der Waals surface area contributed by atoms with E-state index in [1.54, 1.807) is 0 Å². The number of benzene rings is 1. The minimum absolute atomic E-state index is 0.468. The standard InChI is InChI=1S/C14H20N2/c1-10-6-11(2)13(12(3)7-10)8-16-14(4,5)9-15/h6-7,16H,8H2,1-5H3. The van der Waals surface area contributed by atoms with E-state index in [1.165, 1.54) is 22.3 Å². The summed E-state index contributed by atoms with van der Waals surface area (Å²) in [5.41, 5.74) is 4.70. The Labute approximate surface area is 98.3 Å². The fourth-order valence-electron chi connectivity index (χ4n) is 1.84. The van der Waals surface area contributed by atoms with Gasteiger partial charge in [0, 0.05) is 6.54 Å². The predicted octanol–water partition coefficient (Wildman–Crippen LogP) is 3.00. The molecule has 86 valence electrons. The molecule has 0 saturated carbocycles. The monoisotopic (exact) mass is 216 g/mol. The van der Waals surface area contributed by atoms with Gasteiger partial charge in [0.05, 0.1) is 6.07 Å². The number of hydrogen-bond donors (Lipinski definition) is 1. The fraction of sp³-hybridized carbons (Fsp3) is 0.500. The molecule has 1 N–H and O–H groups in total. The Hall–Kier alpha value is -1.33. The van der Waals surface area contributed by atoms with Gasteiger partial charge in [0.25, 0.3) is 0 Å². The lowest BCUT2D eigenvalue weighted by molar-refractivity contribution is 0.484. The maximum atomic E-state index is 8.94. The van der Waals surface area contributed by atoms with E-state index in [1.807, 2.05) is 13.8 Å². The minimum Gasteiger partial charge on any atom is -0.296 e. The summed E-state index contributed by atoms with van der Waals surface area (Å²) < 4.78 is 0. The first-order chi connectivity index (χ1) is 7.35. The molecule has 0 bridgehead atoms. The van der Waals surface area contributed by atoms with Crippen molar-refractivity contribution in [2.24, 2.45) is 0 Å². The van der Waals surface area contributed by atoms with Crippen molar-refractivity contribution in [2.45, 2.75) is 46.7 Å². The van der Waals surface area contributed by atoms with Crippen molar-refractivity contribution < 1.29 is 0 Å².